The molecule has 8 heteroatoms. The molecule has 4 aromatic rings. The first-order valence-electron chi connectivity index (χ1n) is 13.6. The number of carboxylic acid groups (broad SMARTS) is 1. The van der Waals surface area contributed by atoms with Gasteiger partial charge < -0.3 is 20.1 Å². The zero-order valence-corrected chi connectivity index (χ0v) is 23.1. The van der Waals surface area contributed by atoms with E-state index in [0.717, 1.165) is 0 Å². The van der Waals surface area contributed by atoms with Gasteiger partial charge >= 0.3 is 5.97 Å². The van der Waals surface area contributed by atoms with Crippen LogP contribution >= 0.6 is 0 Å². The quantitative estimate of drug-likeness (QED) is 0.169. The molecule has 0 aliphatic carbocycles. The van der Waals surface area contributed by atoms with Crippen molar-refractivity contribution >= 4 is 23.3 Å². The van der Waals surface area contributed by atoms with E-state index in [1.165, 1.54) is 12.1 Å². The Kier molecular flexibility index (Phi) is 9.14. The van der Waals surface area contributed by atoms with Crippen LogP contribution < -0.4 is 5.32 Å². The van der Waals surface area contributed by atoms with Crippen molar-refractivity contribution in [3.8, 4) is 22.4 Å². The average Bonchev–Trinajstić information content (AvgIpc) is 3.30. The summed E-state index contributed by atoms with van der Waals surface area (Å²) in [7, 11) is 0. The average molecular weight is 557 g/mol. The van der Waals surface area contributed by atoms with Crippen LogP contribution in [0.25, 0.3) is 22.4 Å². The Balaban J connectivity index is 2.10. The first kappa shape index (κ1) is 29.4. The lowest BCUT2D eigenvalue weighted by Gasteiger charge is -2.33. The van der Waals surface area contributed by atoms with E-state index >= 15 is 0 Å². The molecule has 0 bridgehead atoms. The minimum absolute atomic E-state index is 0.0475. The molecule has 1 unspecified atom stereocenters. The predicted molar refractivity (Wildman–Crippen MR) is 156 cm³/mol. The van der Waals surface area contributed by atoms with Crippen molar-refractivity contribution in [1.29, 1.82) is 0 Å². The number of hydrogen-bond acceptors (Lipinski definition) is 4. The number of ketones is 1. The van der Waals surface area contributed by atoms with Crippen molar-refractivity contribution in [2.24, 2.45) is 0 Å². The molecule has 1 heterocycles. The third kappa shape index (κ3) is 6.44. The lowest BCUT2D eigenvalue weighted by molar-refractivity contribution is -0.142. The molecule has 1 aromatic heterocycles. The first-order chi connectivity index (χ1) is 19.7. The molecule has 0 saturated heterocycles. The Morgan fingerprint density at radius 2 is 1.49 bits per heavy atom. The first-order valence-corrected chi connectivity index (χ1v) is 13.6. The number of aromatic nitrogens is 1. The second-order valence-electron chi connectivity index (χ2n) is 9.95. The highest BCUT2D eigenvalue weighted by molar-refractivity contribution is 6.12. The van der Waals surface area contributed by atoms with Crippen LogP contribution in [0.5, 0.6) is 0 Å². The molecule has 0 radical (unpaired) electrons. The van der Waals surface area contributed by atoms with Crippen molar-refractivity contribution in [1.82, 2.24) is 4.57 Å². The van der Waals surface area contributed by atoms with Gasteiger partial charge in [0.1, 0.15) is 23.7 Å². The number of carbonyl (C=O) groups excluding carboxylic acids is 2. The lowest BCUT2D eigenvalue weighted by Crippen LogP contribution is -2.37. The van der Waals surface area contributed by atoms with E-state index in [4.69, 9.17) is 0 Å². The van der Waals surface area contributed by atoms with Crippen LogP contribution in [0.1, 0.15) is 55.6 Å². The summed E-state index contributed by atoms with van der Waals surface area (Å²) in [5.74, 6) is -2.80. The SMILES string of the molecule is CCCc1c(C(=O)Nc2ccccc2)c(-c2ccccc2)c(-c2ccc(F)cc2)n1C(O)(CC)CC(=O)CC(=O)O. The number of aliphatic hydroxyl groups is 1. The second-order valence-corrected chi connectivity index (χ2v) is 9.95. The number of carboxylic acids is 1. The standard InChI is InChI=1S/C33H33FN2O5/c1-3-11-27-30(32(40)35-25-14-9-6-10-15-25)29(22-12-7-5-8-13-22)31(23-16-18-24(34)19-17-23)36(27)33(41,4-2)21-26(37)20-28(38)39/h5-10,12-19,41H,3-4,11,20-21H2,1-2H3,(H,35,40)(H,38,39). The molecule has 0 fully saturated rings. The van der Waals surface area contributed by atoms with Crippen LogP contribution in [0.2, 0.25) is 0 Å². The molecule has 7 nitrogen and oxygen atoms in total. The normalized spacial score (nSPS) is 12.5. The number of aliphatic carboxylic acids is 1. The van der Waals surface area contributed by atoms with Gasteiger partial charge in [0.05, 0.1) is 17.7 Å². The maximum absolute atomic E-state index is 14.1. The number of nitrogens with one attached hydrogen (secondary N) is 1. The minimum atomic E-state index is -1.87. The van der Waals surface area contributed by atoms with E-state index in [-0.39, 0.29) is 6.42 Å². The Bertz CT molecular complexity index is 1530. The largest absolute Gasteiger partial charge is 0.481 e. The van der Waals surface area contributed by atoms with Gasteiger partial charge in [0.15, 0.2) is 0 Å². The number of rotatable bonds is 12. The molecule has 3 aromatic carbocycles. The van der Waals surface area contributed by atoms with Crippen LogP contribution in [0.4, 0.5) is 10.1 Å². The fraction of sp³-hybridized carbons (Fsp3) is 0.242. The molecule has 3 N–H and O–H groups in total. The van der Waals surface area contributed by atoms with Crippen molar-refractivity contribution in [2.45, 2.75) is 51.7 Å². The smallest absolute Gasteiger partial charge is 0.310 e. The highest BCUT2D eigenvalue weighted by atomic mass is 19.1. The third-order valence-electron chi connectivity index (χ3n) is 7.01. The second kappa shape index (κ2) is 12.7. The molecule has 212 valence electrons. The summed E-state index contributed by atoms with van der Waals surface area (Å²) in [5, 5.41) is 24.4. The van der Waals surface area contributed by atoms with E-state index in [1.54, 1.807) is 47.9 Å². The number of anilines is 1. The summed E-state index contributed by atoms with van der Waals surface area (Å²) < 4.78 is 15.7. The number of carbonyl (C=O) groups is 3. The van der Waals surface area contributed by atoms with Gasteiger partial charge in [-0.2, -0.15) is 0 Å². The third-order valence-corrected chi connectivity index (χ3v) is 7.01. The van der Waals surface area contributed by atoms with Gasteiger partial charge in [0.2, 0.25) is 0 Å². The monoisotopic (exact) mass is 556 g/mol. The summed E-state index contributed by atoms with van der Waals surface area (Å²) >= 11 is 0. The van der Waals surface area contributed by atoms with E-state index < -0.39 is 42.0 Å². The number of para-hydroxylation sites is 1. The highest BCUT2D eigenvalue weighted by Crippen LogP contribution is 2.44. The Morgan fingerprint density at radius 3 is 2.05 bits per heavy atom. The fourth-order valence-corrected chi connectivity index (χ4v) is 5.19. The zero-order chi connectivity index (χ0) is 29.6. The van der Waals surface area contributed by atoms with Gasteiger partial charge in [0, 0.05) is 16.9 Å². The summed E-state index contributed by atoms with van der Waals surface area (Å²) in [4.78, 5) is 38.3. The molecule has 0 aliphatic rings. The molecule has 0 saturated carbocycles. The molecule has 0 aliphatic heterocycles. The Hall–Kier alpha value is -4.56. The van der Waals surface area contributed by atoms with Crippen LogP contribution in [-0.4, -0.2) is 32.4 Å². The lowest BCUT2D eigenvalue weighted by atomic mass is 9.95. The molecule has 1 amide bonds. The van der Waals surface area contributed by atoms with E-state index in [1.807, 2.05) is 43.3 Å². The van der Waals surface area contributed by atoms with Gasteiger partial charge in [-0.1, -0.05) is 68.8 Å². The number of nitrogens with zero attached hydrogens (tertiary/aromatic N) is 1. The summed E-state index contributed by atoms with van der Waals surface area (Å²) in [5.41, 5.74) is 1.70. The maximum Gasteiger partial charge on any atom is 0.310 e. The van der Waals surface area contributed by atoms with E-state index in [2.05, 4.69) is 5.32 Å². The summed E-state index contributed by atoms with van der Waals surface area (Å²) in [6.07, 6.45) is -0.204. The van der Waals surface area contributed by atoms with Gasteiger partial charge in [-0.15, -0.1) is 0 Å². The Morgan fingerprint density at radius 1 is 0.878 bits per heavy atom. The van der Waals surface area contributed by atoms with Crippen LogP contribution in [0, 0.1) is 5.82 Å². The van der Waals surface area contributed by atoms with Crippen molar-refractivity contribution in [3.05, 3.63) is 102 Å². The van der Waals surface area contributed by atoms with Crippen LogP contribution in [0.15, 0.2) is 84.9 Å². The van der Waals surface area contributed by atoms with Crippen molar-refractivity contribution in [2.75, 3.05) is 5.32 Å². The molecular weight excluding hydrogens is 523 g/mol. The van der Waals surface area contributed by atoms with Gasteiger partial charge in [-0.3, -0.25) is 14.4 Å². The minimum Gasteiger partial charge on any atom is -0.481 e. The van der Waals surface area contributed by atoms with E-state index in [0.29, 0.717) is 52.2 Å². The highest BCUT2D eigenvalue weighted by Gasteiger charge is 2.39. The van der Waals surface area contributed by atoms with Crippen LogP contribution in [-0.2, 0) is 21.7 Å². The Labute approximate surface area is 238 Å². The number of hydrogen-bond donors (Lipinski definition) is 3. The zero-order valence-electron chi connectivity index (χ0n) is 23.1. The van der Waals surface area contributed by atoms with Crippen LogP contribution in [0.3, 0.4) is 0 Å². The van der Waals surface area contributed by atoms with Crippen molar-refractivity contribution in [3.63, 3.8) is 0 Å². The van der Waals surface area contributed by atoms with Gasteiger partial charge in [0.25, 0.3) is 5.91 Å². The summed E-state index contributed by atoms with van der Waals surface area (Å²) in [6.45, 7) is 3.64. The topological polar surface area (TPSA) is 109 Å². The number of amides is 1. The molecule has 4 rings (SSSR count). The number of Topliss-reactive ketones (excluding diaryl/α,β-unsaturated/α-hetero) is 1. The predicted octanol–water partition coefficient (Wildman–Crippen LogP) is 6.66. The fourth-order valence-electron chi connectivity index (χ4n) is 5.19. The summed E-state index contributed by atoms with van der Waals surface area (Å²) in [6, 6.07) is 23.9. The van der Waals surface area contributed by atoms with Gasteiger partial charge in [-0.25, -0.2) is 4.39 Å². The van der Waals surface area contributed by atoms with E-state index in [9.17, 15) is 29.0 Å². The van der Waals surface area contributed by atoms with Crippen molar-refractivity contribution < 1.29 is 29.0 Å². The molecule has 41 heavy (non-hydrogen) atoms. The number of benzene rings is 3. The maximum atomic E-state index is 14.1. The molecule has 1 atom stereocenters. The molecule has 0 spiro atoms. The number of halogens is 1. The molecular formula is C33H33FN2O5. The van der Waals surface area contributed by atoms with Gasteiger partial charge in [-0.05, 0) is 60.4 Å².